The molecule has 1 saturated heterocycles. The summed E-state index contributed by atoms with van der Waals surface area (Å²) in [5.74, 6) is 0.697. The third-order valence-electron chi connectivity index (χ3n) is 3.72. The maximum absolute atomic E-state index is 5.31. The van der Waals surface area contributed by atoms with Gasteiger partial charge in [0.1, 0.15) is 0 Å². The van der Waals surface area contributed by atoms with Gasteiger partial charge in [-0.2, -0.15) is 0 Å². The molecule has 0 atom stereocenters. The average Bonchev–Trinajstić information content (AvgIpc) is 2.45. The van der Waals surface area contributed by atoms with Crippen molar-refractivity contribution in [3.63, 3.8) is 0 Å². The molecule has 1 aliphatic heterocycles. The molecule has 2 heteroatoms. The molecule has 0 bridgehead atoms. The van der Waals surface area contributed by atoms with Crippen LogP contribution in [0, 0.1) is 5.92 Å². The standard InChI is InChI=1S/C18H21NO/c1-3-7-16(8-4-1)11-19(13-18-14-20-15-18)12-17-9-5-2-6-10-17/h1-10,18H,11-15H2. The van der Waals surface area contributed by atoms with Crippen molar-refractivity contribution in [1.82, 2.24) is 4.90 Å². The molecule has 3 rings (SSSR count). The van der Waals surface area contributed by atoms with Gasteiger partial charge >= 0.3 is 0 Å². The highest BCUT2D eigenvalue weighted by Crippen LogP contribution is 2.16. The quantitative estimate of drug-likeness (QED) is 0.796. The first-order valence-corrected chi connectivity index (χ1v) is 7.28. The van der Waals surface area contributed by atoms with E-state index in [1.807, 2.05) is 0 Å². The molecule has 1 heterocycles. The monoisotopic (exact) mass is 267 g/mol. The Morgan fingerprint density at radius 2 is 1.30 bits per heavy atom. The van der Waals surface area contributed by atoms with Crippen LogP contribution in [0.4, 0.5) is 0 Å². The molecule has 0 N–H and O–H groups in total. The van der Waals surface area contributed by atoms with Crippen LogP contribution in [-0.2, 0) is 17.8 Å². The van der Waals surface area contributed by atoms with Crippen LogP contribution in [0.25, 0.3) is 0 Å². The van der Waals surface area contributed by atoms with E-state index in [4.69, 9.17) is 4.74 Å². The Labute approximate surface area is 121 Å². The normalized spacial score (nSPS) is 15.2. The Balaban J connectivity index is 1.66. The van der Waals surface area contributed by atoms with E-state index in [1.54, 1.807) is 0 Å². The fraction of sp³-hybridized carbons (Fsp3) is 0.333. The van der Waals surface area contributed by atoms with Crippen LogP contribution in [-0.4, -0.2) is 24.7 Å². The summed E-state index contributed by atoms with van der Waals surface area (Å²) in [6, 6.07) is 21.4. The lowest BCUT2D eigenvalue weighted by Gasteiger charge is -2.32. The van der Waals surface area contributed by atoms with Crippen LogP contribution in [0.15, 0.2) is 60.7 Å². The van der Waals surface area contributed by atoms with E-state index in [0.29, 0.717) is 5.92 Å². The molecule has 0 aromatic heterocycles. The van der Waals surface area contributed by atoms with Crippen LogP contribution in [0.3, 0.4) is 0 Å². The highest BCUT2D eigenvalue weighted by molar-refractivity contribution is 5.17. The number of hydrogen-bond donors (Lipinski definition) is 0. The van der Waals surface area contributed by atoms with Crippen LogP contribution in [0.2, 0.25) is 0 Å². The minimum atomic E-state index is 0.697. The third kappa shape index (κ3) is 3.69. The van der Waals surface area contributed by atoms with Gasteiger partial charge in [0.2, 0.25) is 0 Å². The van der Waals surface area contributed by atoms with Gasteiger partial charge in [0.05, 0.1) is 13.2 Å². The first-order chi connectivity index (χ1) is 9.90. The lowest BCUT2D eigenvalue weighted by atomic mass is 10.1. The second-order valence-electron chi connectivity index (χ2n) is 5.54. The summed E-state index contributed by atoms with van der Waals surface area (Å²) in [6.07, 6.45) is 0. The van der Waals surface area contributed by atoms with Crippen molar-refractivity contribution in [3.05, 3.63) is 71.8 Å². The third-order valence-corrected chi connectivity index (χ3v) is 3.72. The molecule has 0 amide bonds. The van der Waals surface area contributed by atoms with E-state index in [-0.39, 0.29) is 0 Å². The first-order valence-electron chi connectivity index (χ1n) is 7.28. The van der Waals surface area contributed by atoms with Gasteiger partial charge in [-0.1, -0.05) is 60.7 Å². The lowest BCUT2D eigenvalue weighted by molar-refractivity contribution is -0.0485. The summed E-state index contributed by atoms with van der Waals surface area (Å²) in [6.45, 7) is 4.96. The molecule has 0 unspecified atom stereocenters. The predicted octanol–water partition coefficient (Wildman–Crippen LogP) is 3.34. The van der Waals surface area contributed by atoms with E-state index in [0.717, 1.165) is 32.8 Å². The van der Waals surface area contributed by atoms with Crippen molar-refractivity contribution >= 4 is 0 Å². The molecule has 2 aromatic carbocycles. The number of nitrogens with zero attached hydrogens (tertiary/aromatic N) is 1. The SMILES string of the molecule is c1ccc(CN(Cc2ccccc2)CC2COC2)cc1. The van der Waals surface area contributed by atoms with Crippen molar-refractivity contribution in [1.29, 1.82) is 0 Å². The van der Waals surface area contributed by atoms with Gasteiger partial charge in [-0.15, -0.1) is 0 Å². The van der Waals surface area contributed by atoms with Gasteiger partial charge < -0.3 is 4.74 Å². The zero-order valence-corrected chi connectivity index (χ0v) is 11.7. The second kappa shape index (κ2) is 6.69. The molecule has 2 aromatic rings. The second-order valence-corrected chi connectivity index (χ2v) is 5.54. The Hall–Kier alpha value is -1.64. The highest BCUT2D eigenvalue weighted by Gasteiger charge is 2.21. The van der Waals surface area contributed by atoms with Gasteiger partial charge in [0.25, 0.3) is 0 Å². The molecule has 0 aliphatic carbocycles. The summed E-state index contributed by atoms with van der Waals surface area (Å²) < 4.78 is 5.31. The van der Waals surface area contributed by atoms with Crippen molar-refractivity contribution in [2.24, 2.45) is 5.92 Å². The first kappa shape index (κ1) is 13.3. The highest BCUT2D eigenvalue weighted by atomic mass is 16.5. The van der Waals surface area contributed by atoms with Crippen molar-refractivity contribution in [3.8, 4) is 0 Å². The van der Waals surface area contributed by atoms with E-state index in [1.165, 1.54) is 11.1 Å². The number of ether oxygens (including phenoxy) is 1. The molecule has 20 heavy (non-hydrogen) atoms. The predicted molar refractivity (Wildman–Crippen MR) is 81.3 cm³/mol. The maximum atomic E-state index is 5.31. The minimum Gasteiger partial charge on any atom is -0.381 e. The van der Waals surface area contributed by atoms with Crippen LogP contribution >= 0.6 is 0 Å². The van der Waals surface area contributed by atoms with Gasteiger partial charge in [-0.3, -0.25) is 4.90 Å². The summed E-state index contributed by atoms with van der Waals surface area (Å²) in [7, 11) is 0. The summed E-state index contributed by atoms with van der Waals surface area (Å²) >= 11 is 0. The fourth-order valence-corrected chi connectivity index (χ4v) is 2.62. The fourth-order valence-electron chi connectivity index (χ4n) is 2.62. The van der Waals surface area contributed by atoms with Crippen LogP contribution in [0.5, 0.6) is 0 Å². The number of rotatable bonds is 6. The van der Waals surface area contributed by atoms with Crippen LogP contribution in [0.1, 0.15) is 11.1 Å². The summed E-state index contributed by atoms with van der Waals surface area (Å²) in [4.78, 5) is 2.53. The number of benzene rings is 2. The zero-order valence-electron chi connectivity index (χ0n) is 11.7. The van der Waals surface area contributed by atoms with Crippen molar-refractivity contribution in [2.45, 2.75) is 13.1 Å². The Morgan fingerprint density at radius 3 is 1.70 bits per heavy atom. The molecular weight excluding hydrogens is 246 g/mol. The number of hydrogen-bond acceptors (Lipinski definition) is 2. The van der Waals surface area contributed by atoms with Crippen LogP contribution < -0.4 is 0 Å². The maximum Gasteiger partial charge on any atom is 0.0528 e. The average molecular weight is 267 g/mol. The molecule has 0 spiro atoms. The van der Waals surface area contributed by atoms with Gasteiger partial charge in [0, 0.05) is 25.6 Å². The molecule has 104 valence electrons. The molecule has 2 nitrogen and oxygen atoms in total. The van der Waals surface area contributed by atoms with Gasteiger partial charge in [0.15, 0.2) is 0 Å². The molecule has 1 aliphatic rings. The molecular formula is C18H21NO. The molecule has 1 fully saturated rings. The van der Waals surface area contributed by atoms with E-state index in [9.17, 15) is 0 Å². The zero-order chi connectivity index (χ0) is 13.6. The largest absolute Gasteiger partial charge is 0.381 e. The minimum absolute atomic E-state index is 0.697. The van der Waals surface area contributed by atoms with E-state index < -0.39 is 0 Å². The summed E-state index contributed by atoms with van der Waals surface area (Å²) in [5.41, 5.74) is 2.76. The van der Waals surface area contributed by atoms with Crippen molar-refractivity contribution in [2.75, 3.05) is 19.8 Å². The topological polar surface area (TPSA) is 12.5 Å². The Morgan fingerprint density at radius 1 is 0.800 bits per heavy atom. The van der Waals surface area contributed by atoms with E-state index >= 15 is 0 Å². The van der Waals surface area contributed by atoms with Gasteiger partial charge in [-0.25, -0.2) is 0 Å². The summed E-state index contributed by atoms with van der Waals surface area (Å²) in [5, 5.41) is 0. The van der Waals surface area contributed by atoms with Gasteiger partial charge in [-0.05, 0) is 11.1 Å². The Kier molecular flexibility index (Phi) is 4.46. The Bertz CT molecular complexity index is 466. The smallest absolute Gasteiger partial charge is 0.0528 e. The lowest BCUT2D eigenvalue weighted by Crippen LogP contribution is -2.39. The van der Waals surface area contributed by atoms with Crippen molar-refractivity contribution < 1.29 is 4.74 Å². The molecule has 0 radical (unpaired) electrons. The van der Waals surface area contributed by atoms with E-state index in [2.05, 4.69) is 65.6 Å². The molecule has 0 saturated carbocycles.